The van der Waals surface area contributed by atoms with Gasteiger partial charge in [-0.15, -0.1) is 0 Å². The molecule has 0 atom stereocenters. The zero-order valence-corrected chi connectivity index (χ0v) is 15.9. The van der Waals surface area contributed by atoms with Crippen LogP contribution in [0.4, 0.5) is 4.39 Å². The van der Waals surface area contributed by atoms with Gasteiger partial charge in [-0.25, -0.2) is 4.39 Å². The molecule has 0 aliphatic rings. The van der Waals surface area contributed by atoms with Crippen LogP contribution < -0.4 is 0 Å². The minimum atomic E-state index is -0.638. The Kier molecular flexibility index (Phi) is 6.94. The number of hydrogen-bond acceptors (Lipinski definition) is 3. The molecule has 142 valence electrons. The average Bonchev–Trinajstić information content (AvgIpc) is 2.60. The van der Waals surface area contributed by atoms with Crippen LogP contribution in [0.3, 0.4) is 0 Å². The monoisotopic (exact) mass is 368 g/mol. The summed E-state index contributed by atoms with van der Waals surface area (Å²) >= 11 is 0. The van der Waals surface area contributed by atoms with Crippen molar-refractivity contribution in [3.05, 3.63) is 70.6 Å². The number of carbonyl (C=O) groups is 1. The number of phenols is 2. The van der Waals surface area contributed by atoms with Crippen molar-refractivity contribution in [2.24, 2.45) is 0 Å². The molecule has 0 fully saturated rings. The van der Waals surface area contributed by atoms with Crippen LogP contribution in [-0.2, 0) is 6.42 Å². The molecule has 0 unspecified atom stereocenters. The van der Waals surface area contributed by atoms with Gasteiger partial charge in [0.15, 0.2) is 6.29 Å². The third kappa shape index (κ3) is 5.55. The Morgan fingerprint density at radius 2 is 1.67 bits per heavy atom. The predicted molar refractivity (Wildman–Crippen MR) is 107 cm³/mol. The van der Waals surface area contributed by atoms with E-state index in [4.69, 9.17) is 0 Å². The maximum Gasteiger partial charge on any atom is 0.152 e. The SMILES string of the molecule is CC(C)=CCC/C(C)=C/Cc1c(O)cc(-c2ccc(C=O)c(F)c2)cc1O. The smallest absolute Gasteiger partial charge is 0.152 e. The summed E-state index contributed by atoms with van der Waals surface area (Å²) in [5.74, 6) is -0.725. The number of halogens is 1. The van der Waals surface area contributed by atoms with E-state index >= 15 is 0 Å². The Balaban J connectivity index is 2.20. The number of aromatic hydroxyl groups is 2. The molecular formula is C23H25FO3. The number of hydrogen-bond donors (Lipinski definition) is 2. The summed E-state index contributed by atoms with van der Waals surface area (Å²) < 4.78 is 13.8. The fourth-order valence-corrected chi connectivity index (χ4v) is 2.79. The Labute approximate surface area is 159 Å². The van der Waals surface area contributed by atoms with Crippen LogP contribution in [0.15, 0.2) is 53.6 Å². The first-order valence-electron chi connectivity index (χ1n) is 8.90. The van der Waals surface area contributed by atoms with Crippen molar-refractivity contribution >= 4 is 6.29 Å². The van der Waals surface area contributed by atoms with Crippen LogP contribution in [-0.4, -0.2) is 16.5 Å². The molecule has 2 aromatic carbocycles. The van der Waals surface area contributed by atoms with Gasteiger partial charge in [-0.1, -0.05) is 29.4 Å². The summed E-state index contributed by atoms with van der Waals surface area (Å²) in [6.45, 7) is 6.16. The fraction of sp³-hybridized carbons (Fsp3) is 0.261. The van der Waals surface area contributed by atoms with E-state index in [1.54, 1.807) is 6.07 Å². The lowest BCUT2D eigenvalue weighted by atomic mass is 9.98. The molecule has 0 aromatic heterocycles. The number of aldehydes is 1. The molecule has 0 saturated carbocycles. The molecule has 0 spiro atoms. The summed E-state index contributed by atoms with van der Waals surface area (Å²) in [6.07, 6.45) is 6.92. The van der Waals surface area contributed by atoms with Crippen molar-refractivity contribution in [2.45, 2.75) is 40.0 Å². The van der Waals surface area contributed by atoms with Crippen molar-refractivity contribution in [1.82, 2.24) is 0 Å². The minimum Gasteiger partial charge on any atom is -0.507 e. The van der Waals surface area contributed by atoms with Crippen LogP contribution in [0.2, 0.25) is 0 Å². The molecule has 0 saturated heterocycles. The highest BCUT2D eigenvalue weighted by atomic mass is 19.1. The molecule has 0 aliphatic carbocycles. The van der Waals surface area contributed by atoms with Gasteiger partial charge in [0.05, 0.1) is 5.56 Å². The van der Waals surface area contributed by atoms with Gasteiger partial charge in [-0.3, -0.25) is 4.79 Å². The zero-order valence-electron chi connectivity index (χ0n) is 15.9. The van der Waals surface area contributed by atoms with Crippen LogP contribution >= 0.6 is 0 Å². The Bertz CT molecular complexity index is 867. The van der Waals surface area contributed by atoms with E-state index in [9.17, 15) is 19.4 Å². The van der Waals surface area contributed by atoms with Crippen molar-refractivity contribution < 1.29 is 19.4 Å². The van der Waals surface area contributed by atoms with Crippen LogP contribution in [0.25, 0.3) is 11.1 Å². The Hall–Kier alpha value is -2.88. The van der Waals surface area contributed by atoms with E-state index in [-0.39, 0.29) is 17.1 Å². The lowest BCUT2D eigenvalue weighted by Gasteiger charge is -2.10. The maximum absolute atomic E-state index is 13.8. The first-order chi connectivity index (χ1) is 12.8. The van der Waals surface area contributed by atoms with Crippen molar-refractivity contribution in [2.75, 3.05) is 0 Å². The van der Waals surface area contributed by atoms with Crippen molar-refractivity contribution in [3.8, 4) is 22.6 Å². The van der Waals surface area contributed by atoms with E-state index in [0.29, 0.717) is 29.4 Å². The molecule has 3 nitrogen and oxygen atoms in total. The first kappa shape index (κ1) is 20.4. The van der Waals surface area contributed by atoms with Crippen molar-refractivity contribution in [3.63, 3.8) is 0 Å². The molecular weight excluding hydrogens is 343 g/mol. The molecule has 27 heavy (non-hydrogen) atoms. The molecule has 0 heterocycles. The summed E-state index contributed by atoms with van der Waals surface area (Å²) in [4.78, 5) is 10.7. The van der Waals surface area contributed by atoms with Crippen LogP contribution in [0.1, 0.15) is 49.5 Å². The van der Waals surface area contributed by atoms with Gasteiger partial charge in [0.25, 0.3) is 0 Å². The van der Waals surface area contributed by atoms with Gasteiger partial charge in [0, 0.05) is 5.56 Å². The fourth-order valence-electron chi connectivity index (χ4n) is 2.79. The third-order valence-electron chi connectivity index (χ3n) is 4.41. The molecule has 0 bridgehead atoms. The summed E-state index contributed by atoms with van der Waals surface area (Å²) in [5.41, 5.74) is 3.83. The summed E-state index contributed by atoms with van der Waals surface area (Å²) in [6, 6.07) is 7.16. The van der Waals surface area contributed by atoms with Crippen LogP contribution in [0.5, 0.6) is 11.5 Å². The lowest BCUT2D eigenvalue weighted by Crippen LogP contribution is -1.91. The number of allylic oxidation sites excluding steroid dienone is 4. The second kappa shape index (κ2) is 9.17. The third-order valence-corrected chi connectivity index (χ3v) is 4.41. The molecule has 0 radical (unpaired) electrons. The molecule has 2 aromatic rings. The number of phenolic OH excluding ortho intramolecular Hbond substituents is 2. The van der Waals surface area contributed by atoms with Gasteiger partial charge in [0.2, 0.25) is 0 Å². The number of benzene rings is 2. The molecule has 2 N–H and O–H groups in total. The van der Waals surface area contributed by atoms with Gasteiger partial charge in [0.1, 0.15) is 17.3 Å². The topological polar surface area (TPSA) is 57.5 Å². The Morgan fingerprint density at radius 3 is 2.22 bits per heavy atom. The summed E-state index contributed by atoms with van der Waals surface area (Å²) in [7, 11) is 0. The lowest BCUT2D eigenvalue weighted by molar-refractivity contribution is 0.112. The number of carbonyl (C=O) groups excluding carboxylic acids is 1. The van der Waals surface area contributed by atoms with Gasteiger partial charge >= 0.3 is 0 Å². The second-order valence-electron chi connectivity index (χ2n) is 6.92. The highest BCUT2D eigenvalue weighted by molar-refractivity contribution is 5.78. The van der Waals surface area contributed by atoms with E-state index in [1.807, 2.05) is 13.0 Å². The normalized spacial score (nSPS) is 11.3. The second-order valence-corrected chi connectivity index (χ2v) is 6.92. The maximum atomic E-state index is 13.8. The minimum absolute atomic E-state index is 0.0301. The standard InChI is InChI=1S/C23H25FO3/c1-15(2)5-4-6-16(3)7-10-20-22(26)12-19(13-23(20)27)17-8-9-18(14-25)21(24)11-17/h5,7-9,11-14,26-27H,4,6,10H2,1-3H3/b16-7+. The van der Waals surface area contributed by atoms with E-state index < -0.39 is 5.82 Å². The van der Waals surface area contributed by atoms with Gasteiger partial charge < -0.3 is 10.2 Å². The largest absolute Gasteiger partial charge is 0.507 e. The van der Waals surface area contributed by atoms with E-state index in [0.717, 1.165) is 12.8 Å². The van der Waals surface area contributed by atoms with Gasteiger partial charge in [-0.2, -0.15) is 0 Å². The van der Waals surface area contributed by atoms with Crippen molar-refractivity contribution in [1.29, 1.82) is 0 Å². The quantitative estimate of drug-likeness (QED) is 0.469. The first-order valence-corrected chi connectivity index (χ1v) is 8.90. The molecule has 4 heteroatoms. The predicted octanol–water partition coefficient (Wildman–Crippen LogP) is 5.95. The Morgan fingerprint density at radius 1 is 1.00 bits per heavy atom. The molecule has 2 rings (SSSR count). The highest BCUT2D eigenvalue weighted by Gasteiger charge is 2.12. The average molecular weight is 368 g/mol. The summed E-state index contributed by atoms with van der Waals surface area (Å²) in [5, 5.41) is 20.6. The molecule has 0 aliphatic heterocycles. The van der Waals surface area contributed by atoms with E-state index in [1.165, 1.54) is 35.4 Å². The zero-order chi connectivity index (χ0) is 20.0. The van der Waals surface area contributed by atoms with Crippen LogP contribution in [0, 0.1) is 5.82 Å². The van der Waals surface area contributed by atoms with E-state index in [2.05, 4.69) is 19.9 Å². The highest BCUT2D eigenvalue weighted by Crippen LogP contribution is 2.35. The van der Waals surface area contributed by atoms with Gasteiger partial charge in [-0.05, 0) is 75.4 Å². The molecule has 0 amide bonds. The number of rotatable bonds is 7.